The minimum atomic E-state index is -0.997. The van der Waals surface area contributed by atoms with E-state index >= 15 is 0 Å². The van der Waals surface area contributed by atoms with Gasteiger partial charge in [0.25, 0.3) is 0 Å². The lowest BCUT2D eigenvalue weighted by Gasteiger charge is -2.33. The molecule has 1 aromatic carbocycles. The van der Waals surface area contributed by atoms with Gasteiger partial charge in [-0.25, -0.2) is 14.6 Å². The van der Waals surface area contributed by atoms with Crippen LogP contribution >= 0.6 is 0 Å². The smallest absolute Gasteiger partial charge is 0.241 e. The molecule has 3 atom stereocenters. The van der Waals surface area contributed by atoms with Gasteiger partial charge in [0.2, 0.25) is 11.8 Å². The van der Waals surface area contributed by atoms with Crippen LogP contribution in [-0.4, -0.2) is 62.9 Å². The highest BCUT2D eigenvalue weighted by molar-refractivity contribution is 5.97. The van der Waals surface area contributed by atoms with Gasteiger partial charge < -0.3 is 26.4 Å². The number of morpholine rings is 1. The summed E-state index contributed by atoms with van der Waals surface area (Å²) in [6, 6.07) is 6.20. The minimum absolute atomic E-state index is 0.213. The van der Waals surface area contributed by atoms with Gasteiger partial charge in [-0.3, -0.25) is 9.59 Å². The minimum Gasteiger partial charge on any atom is -0.371 e. The summed E-state index contributed by atoms with van der Waals surface area (Å²) in [6.45, 7) is 4.33. The Kier molecular flexibility index (Phi) is 5.88. The predicted octanol–water partition coefficient (Wildman–Crippen LogP) is 1.02. The quantitative estimate of drug-likeness (QED) is 0.468. The van der Waals surface area contributed by atoms with Crippen molar-refractivity contribution in [3.05, 3.63) is 30.5 Å². The van der Waals surface area contributed by atoms with Crippen LogP contribution in [-0.2, 0) is 20.9 Å². The van der Waals surface area contributed by atoms with Crippen molar-refractivity contribution in [2.75, 3.05) is 23.3 Å². The van der Waals surface area contributed by atoms with E-state index in [1.807, 2.05) is 29.9 Å². The van der Waals surface area contributed by atoms with Gasteiger partial charge in [0.05, 0.1) is 36.3 Å². The van der Waals surface area contributed by atoms with Crippen LogP contribution < -0.4 is 21.7 Å². The van der Waals surface area contributed by atoms with Crippen molar-refractivity contribution in [2.24, 2.45) is 11.5 Å². The number of fused-ring (bicyclic) bond motifs is 3. The first-order valence-electron chi connectivity index (χ1n) is 11.5. The molecule has 178 valence electrons. The SMILES string of the molecule is CCn1ncc2c(N3CC4CCC(C3)O4)nc(-c3ccc(NC(=O)C(N)CC(N)=O)cc3)nc21. The third kappa shape index (κ3) is 4.31. The predicted molar refractivity (Wildman–Crippen MR) is 127 cm³/mol. The third-order valence-corrected chi connectivity index (χ3v) is 6.29. The maximum absolute atomic E-state index is 12.2. The molecule has 11 nitrogen and oxygen atoms in total. The number of hydrogen-bond donors (Lipinski definition) is 3. The number of primary amides is 1. The standard InChI is InChI=1S/C23H28N8O3/c1-2-31-22-17(10-26-31)21(30-11-15-7-8-16(12-30)34-15)28-20(29-22)13-3-5-14(6-4-13)27-23(33)18(24)9-19(25)32/h3-6,10,15-16,18H,2,7-9,11-12,24H2,1H3,(H2,25,32)(H,27,33). The number of hydrogen-bond acceptors (Lipinski definition) is 8. The zero-order chi connectivity index (χ0) is 23.8. The van der Waals surface area contributed by atoms with Crippen molar-refractivity contribution < 1.29 is 14.3 Å². The maximum Gasteiger partial charge on any atom is 0.241 e. The average Bonchev–Trinajstić information content (AvgIpc) is 3.40. The summed E-state index contributed by atoms with van der Waals surface area (Å²) in [5.41, 5.74) is 13.0. The summed E-state index contributed by atoms with van der Waals surface area (Å²) in [6.07, 6.45) is 4.24. The van der Waals surface area contributed by atoms with Crippen molar-refractivity contribution in [1.29, 1.82) is 0 Å². The number of rotatable bonds is 7. The van der Waals surface area contributed by atoms with Crippen molar-refractivity contribution in [1.82, 2.24) is 19.7 Å². The number of ether oxygens (including phenoxy) is 1. The summed E-state index contributed by atoms with van der Waals surface area (Å²) in [5.74, 6) is 0.357. The van der Waals surface area contributed by atoms with Crippen LogP contribution in [0.3, 0.4) is 0 Å². The number of aryl methyl sites for hydroxylation is 1. The van der Waals surface area contributed by atoms with Gasteiger partial charge in [-0.1, -0.05) is 0 Å². The van der Waals surface area contributed by atoms with E-state index in [1.165, 1.54) is 0 Å². The number of anilines is 2. The largest absolute Gasteiger partial charge is 0.371 e. The first-order chi connectivity index (χ1) is 16.4. The second-order valence-electron chi connectivity index (χ2n) is 8.77. The topological polar surface area (TPSA) is 154 Å². The second kappa shape index (κ2) is 8.99. The van der Waals surface area contributed by atoms with Crippen LogP contribution in [0.5, 0.6) is 0 Å². The molecule has 2 amide bonds. The molecule has 0 radical (unpaired) electrons. The maximum atomic E-state index is 12.2. The van der Waals surface area contributed by atoms with Gasteiger partial charge in [-0.15, -0.1) is 0 Å². The summed E-state index contributed by atoms with van der Waals surface area (Å²) in [4.78, 5) is 35.2. The van der Waals surface area contributed by atoms with E-state index in [0.29, 0.717) is 18.1 Å². The summed E-state index contributed by atoms with van der Waals surface area (Å²) in [7, 11) is 0. The van der Waals surface area contributed by atoms with E-state index < -0.39 is 17.9 Å². The van der Waals surface area contributed by atoms with Gasteiger partial charge in [0, 0.05) is 30.9 Å². The van der Waals surface area contributed by atoms with E-state index in [-0.39, 0.29) is 18.6 Å². The first kappa shape index (κ1) is 22.2. The molecular formula is C23H28N8O3. The number of carbonyl (C=O) groups excluding carboxylic acids is 2. The summed E-state index contributed by atoms with van der Waals surface area (Å²) in [5, 5.41) is 8.14. The molecule has 4 heterocycles. The molecule has 0 aliphatic carbocycles. The number of nitrogens with zero attached hydrogens (tertiary/aromatic N) is 5. The molecule has 3 unspecified atom stereocenters. The van der Waals surface area contributed by atoms with E-state index in [2.05, 4.69) is 15.3 Å². The van der Waals surface area contributed by atoms with E-state index in [1.54, 1.807) is 12.1 Å². The molecule has 5 N–H and O–H groups in total. The van der Waals surface area contributed by atoms with Crippen molar-refractivity contribution >= 4 is 34.4 Å². The molecule has 11 heteroatoms. The first-order valence-corrected chi connectivity index (χ1v) is 11.5. The Hall–Kier alpha value is -3.57. The Bertz CT molecular complexity index is 1210. The third-order valence-electron chi connectivity index (χ3n) is 6.29. The average molecular weight is 465 g/mol. The van der Waals surface area contributed by atoms with Crippen molar-refractivity contribution in [2.45, 2.75) is 51.0 Å². The molecule has 5 rings (SSSR count). The lowest BCUT2D eigenvalue weighted by atomic mass is 10.1. The van der Waals surface area contributed by atoms with Crippen LogP contribution in [0, 0.1) is 0 Å². The fourth-order valence-electron chi connectivity index (χ4n) is 4.58. The normalized spacial score (nSPS) is 20.5. The molecule has 2 fully saturated rings. The number of carbonyl (C=O) groups is 2. The monoisotopic (exact) mass is 464 g/mol. The summed E-state index contributed by atoms with van der Waals surface area (Å²) < 4.78 is 7.88. The molecule has 2 aliphatic heterocycles. The van der Waals surface area contributed by atoms with Crippen LogP contribution in [0.1, 0.15) is 26.2 Å². The number of aromatic nitrogens is 4. The second-order valence-corrected chi connectivity index (χ2v) is 8.77. The highest BCUT2D eigenvalue weighted by Crippen LogP contribution is 2.33. The van der Waals surface area contributed by atoms with E-state index in [0.717, 1.165) is 48.3 Å². The highest BCUT2D eigenvalue weighted by atomic mass is 16.5. The van der Waals surface area contributed by atoms with Crippen LogP contribution in [0.25, 0.3) is 22.4 Å². The molecule has 0 spiro atoms. The molecule has 34 heavy (non-hydrogen) atoms. The molecule has 2 aliphatic rings. The number of nitrogens with two attached hydrogens (primary N) is 2. The lowest BCUT2D eigenvalue weighted by Crippen LogP contribution is -2.43. The molecular weight excluding hydrogens is 436 g/mol. The van der Waals surface area contributed by atoms with Crippen LogP contribution in [0.15, 0.2) is 30.5 Å². The molecule has 0 saturated carbocycles. The zero-order valence-corrected chi connectivity index (χ0v) is 19.0. The summed E-state index contributed by atoms with van der Waals surface area (Å²) >= 11 is 0. The Morgan fingerprint density at radius 1 is 1.18 bits per heavy atom. The van der Waals surface area contributed by atoms with Gasteiger partial charge in [0.15, 0.2) is 11.5 Å². The van der Waals surface area contributed by atoms with E-state index in [4.69, 9.17) is 26.2 Å². The lowest BCUT2D eigenvalue weighted by molar-refractivity contribution is -0.123. The Balaban J connectivity index is 1.44. The van der Waals surface area contributed by atoms with Gasteiger partial charge >= 0.3 is 0 Å². The Labute approximate surface area is 196 Å². The number of amides is 2. The van der Waals surface area contributed by atoms with Gasteiger partial charge in [-0.2, -0.15) is 5.10 Å². The van der Waals surface area contributed by atoms with Crippen LogP contribution in [0.4, 0.5) is 11.5 Å². The molecule has 2 saturated heterocycles. The molecule has 2 aromatic heterocycles. The Morgan fingerprint density at radius 3 is 2.53 bits per heavy atom. The van der Waals surface area contributed by atoms with Gasteiger partial charge in [-0.05, 0) is 44.0 Å². The fraction of sp³-hybridized carbons (Fsp3) is 0.435. The zero-order valence-electron chi connectivity index (χ0n) is 19.0. The van der Waals surface area contributed by atoms with Crippen LogP contribution in [0.2, 0.25) is 0 Å². The molecule has 2 bridgehead atoms. The van der Waals surface area contributed by atoms with Crippen molar-refractivity contribution in [3.8, 4) is 11.4 Å². The van der Waals surface area contributed by atoms with Gasteiger partial charge in [0.1, 0.15) is 5.82 Å². The highest BCUT2D eigenvalue weighted by Gasteiger charge is 2.35. The van der Waals surface area contributed by atoms with E-state index in [9.17, 15) is 9.59 Å². The Morgan fingerprint density at radius 2 is 1.88 bits per heavy atom. The number of benzene rings is 1. The number of nitrogens with one attached hydrogen (secondary N) is 1. The fourth-order valence-corrected chi connectivity index (χ4v) is 4.58. The van der Waals surface area contributed by atoms with Crippen molar-refractivity contribution in [3.63, 3.8) is 0 Å². The molecule has 3 aromatic rings.